The number of carboxylic acid groups (broad SMARTS) is 2. The maximum absolute atomic E-state index is 12.2. The molecule has 20 heavy (non-hydrogen) atoms. The number of nitrogens with zero attached hydrogens (tertiary/aromatic N) is 1. The molecule has 1 heterocycles. The number of rotatable bonds is 3. The zero-order chi connectivity index (χ0) is 14.9. The predicted molar refractivity (Wildman–Crippen MR) is 69.1 cm³/mol. The average Bonchev–Trinajstić information content (AvgIpc) is 2.48. The Balaban J connectivity index is 2.44. The quantitative estimate of drug-likeness (QED) is 0.683. The SMILES string of the molecule is CN1Cc2ccccc2N[C@@H](C(C(=O)O)C(=O)O)C1=O. The van der Waals surface area contributed by atoms with Crippen LogP contribution in [0.1, 0.15) is 5.56 Å². The predicted octanol–water partition coefficient (Wildman–Crippen LogP) is 0.224. The van der Waals surface area contributed by atoms with Crippen molar-refractivity contribution in [2.45, 2.75) is 12.6 Å². The van der Waals surface area contributed by atoms with E-state index < -0.39 is 29.8 Å². The van der Waals surface area contributed by atoms with Crippen LogP contribution in [-0.4, -0.2) is 46.0 Å². The Morgan fingerprint density at radius 3 is 2.50 bits per heavy atom. The van der Waals surface area contributed by atoms with E-state index in [0.717, 1.165) is 5.56 Å². The van der Waals surface area contributed by atoms with Gasteiger partial charge >= 0.3 is 11.9 Å². The third-order valence-electron chi connectivity index (χ3n) is 3.24. The van der Waals surface area contributed by atoms with Crippen LogP contribution in [0.15, 0.2) is 24.3 Å². The van der Waals surface area contributed by atoms with Crippen LogP contribution in [0.25, 0.3) is 0 Å². The fourth-order valence-electron chi connectivity index (χ4n) is 2.22. The van der Waals surface area contributed by atoms with Gasteiger partial charge in [0.25, 0.3) is 0 Å². The summed E-state index contributed by atoms with van der Waals surface area (Å²) in [6.07, 6.45) is 0. The van der Waals surface area contributed by atoms with Crippen molar-refractivity contribution < 1.29 is 24.6 Å². The van der Waals surface area contributed by atoms with Gasteiger partial charge in [-0.15, -0.1) is 0 Å². The van der Waals surface area contributed by atoms with Crippen molar-refractivity contribution in [2.75, 3.05) is 12.4 Å². The van der Waals surface area contributed by atoms with Gasteiger partial charge in [0, 0.05) is 19.3 Å². The van der Waals surface area contributed by atoms with Gasteiger partial charge in [-0.3, -0.25) is 14.4 Å². The summed E-state index contributed by atoms with van der Waals surface area (Å²) in [5, 5.41) is 20.8. The molecule has 1 aliphatic rings. The molecule has 0 bridgehead atoms. The van der Waals surface area contributed by atoms with Crippen molar-refractivity contribution in [1.29, 1.82) is 0 Å². The average molecular weight is 278 g/mol. The Hall–Kier alpha value is -2.57. The first kappa shape index (κ1) is 13.9. The molecular formula is C13H14N2O5. The summed E-state index contributed by atoms with van der Waals surface area (Å²) in [5.74, 6) is -5.49. The minimum absolute atomic E-state index is 0.296. The minimum Gasteiger partial charge on any atom is -0.481 e. The van der Waals surface area contributed by atoms with Crippen molar-refractivity contribution in [3.63, 3.8) is 0 Å². The molecule has 0 saturated heterocycles. The highest BCUT2D eigenvalue weighted by molar-refractivity contribution is 6.02. The second-order valence-corrected chi connectivity index (χ2v) is 4.63. The molecule has 106 valence electrons. The van der Waals surface area contributed by atoms with Crippen LogP contribution >= 0.6 is 0 Å². The van der Waals surface area contributed by atoms with E-state index in [0.29, 0.717) is 12.2 Å². The van der Waals surface area contributed by atoms with Crippen molar-refractivity contribution in [1.82, 2.24) is 4.90 Å². The van der Waals surface area contributed by atoms with Gasteiger partial charge in [0.15, 0.2) is 5.92 Å². The van der Waals surface area contributed by atoms with E-state index >= 15 is 0 Å². The third kappa shape index (κ3) is 2.42. The van der Waals surface area contributed by atoms with Gasteiger partial charge in [-0.2, -0.15) is 0 Å². The molecular weight excluding hydrogens is 264 g/mol. The third-order valence-corrected chi connectivity index (χ3v) is 3.24. The highest BCUT2D eigenvalue weighted by Gasteiger charge is 2.42. The number of carbonyl (C=O) groups excluding carboxylic acids is 1. The topological polar surface area (TPSA) is 107 Å². The van der Waals surface area contributed by atoms with Gasteiger partial charge in [-0.25, -0.2) is 0 Å². The van der Waals surface area contributed by atoms with Crippen LogP contribution in [0.5, 0.6) is 0 Å². The monoisotopic (exact) mass is 278 g/mol. The molecule has 1 aromatic carbocycles. The molecule has 1 atom stereocenters. The molecule has 2 rings (SSSR count). The standard InChI is InChI=1S/C13H14N2O5/c1-15-6-7-4-2-3-5-8(7)14-10(11(15)16)9(12(17)18)13(19)20/h2-5,9-10,14H,6H2,1H3,(H,17,18)(H,19,20)/t10-/m0/s1. The van der Waals surface area contributed by atoms with Crippen LogP contribution < -0.4 is 5.32 Å². The fraction of sp³-hybridized carbons (Fsp3) is 0.308. The van der Waals surface area contributed by atoms with Crippen LogP contribution in [0.3, 0.4) is 0 Å². The summed E-state index contributed by atoms with van der Waals surface area (Å²) >= 11 is 0. The van der Waals surface area contributed by atoms with Gasteiger partial charge in [-0.1, -0.05) is 18.2 Å². The van der Waals surface area contributed by atoms with Crippen molar-refractivity contribution in [3.8, 4) is 0 Å². The molecule has 0 radical (unpaired) electrons. The van der Waals surface area contributed by atoms with E-state index in [1.165, 1.54) is 11.9 Å². The first-order chi connectivity index (χ1) is 9.41. The minimum atomic E-state index is -1.84. The molecule has 0 spiro atoms. The largest absolute Gasteiger partial charge is 0.481 e. The van der Waals surface area contributed by atoms with Crippen LogP contribution in [0.4, 0.5) is 5.69 Å². The summed E-state index contributed by atoms with van der Waals surface area (Å²) in [6, 6.07) is 5.68. The first-order valence-corrected chi connectivity index (χ1v) is 5.97. The lowest BCUT2D eigenvalue weighted by Gasteiger charge is -2.23. The van der Waals surface area contributed by atoms with E-state index in [9.17, 15) is 14.4 Å². The Bertz CT molecular complexity index is 558. The number of hydrogen-bond acceptors (Lipinski definition) is 4. The van der Waals surface area contributed by atoms with E-state index in [2.05, 4.69) is 5.32 Å². The Labute approximate surface area is 114 Å². The van der Waals surface area contributed by atoms with Crippen molar-refractivity contribution in [3.05, 3.63) is 29.8 Å². The van der Waals surface area contributed by atoms with E-state index in [-0.39, 0.29) is 0 Å². The number of benzene rings is 1. The zero-order valence-corrected chi connectivity index (χ0v) is 10.7. The maximum atomic E-state index is 12.2. The van der Waals surface area contributed by atoms with E-state index in [4.69, 9.17) is 10.2 Å². The summed E-state index contributed by atoms with van der Waals surface area (Å²) in [5.41, 5.74) is 1.38. The molecule has 1 aliphatic heterocycles. The first-order valence-electron chi connectivity index (χ1n) is 5.97. The molecule has 1 amide bonds. The molecule has 0 aromatic heterocycles. The number of amides is 1. The van der Waals surface area contributed by atoms with Crippen LogP contribution in [-0.2, 0) is 20.9 Å². The molecule has 1 aromatic rings. The Morgan fingerprint density at radius 2 is 1.90 bits per heavy atom. The Morgan fingerprint density at radius 1 is 1.30 bits per heavy atom. The molecule has 0 fully saturated rings. The number of nitrogens with one attached hydrogen (secondary N) is 1. The molecule has 7 heteroatoms. The summed E-state index contributed by atoms with van der Waals surface area (Å²) < 4.78 is 0. The lowest BCUT2D eigenvalue weighted by Crippen LogP contribution is -2.49. The number of para-hydroxylation sites is 1. The number of carbonyl (C=O) groups is 3. The van der Waals surface area contributed by atoms with Gasteiger partial charge in [-0.05, 0) is 11.6 Å². The number of carboxylic acids is 2. The maximum Gasteiger partial charge on any atom is 0.320 e. The number of anilines is 1. The van der Waals surface area contributed by atoms with E-state index in [1.807, 2.05) is 0 Å². The lowest BCUT2D eigenvalue weighted by atomic mass is 9.98. The number of hydrogen-bond donors (Lipinski definition) is 3. The second-order valence-electron chi connectivity index (χ2n) is 4.63. The summed E-state index contributed by atoms with van der Waals surface area (Å²) in [7, 11) is 1.51. The second kappa shape index (κ2) is 5.20. The molecule has 0 unspecified atom stereocenters. The number of aliphatic carboxylic acids is 2. The zero-order valence-electron chi connectivity index (χ0n) is 10.7. The van der Waals surface area contributed by atoms with Crippen molar-refractivity contribution in [2.24, 2.45) is 5.92 Å². The van der Waals surface area contributed by atoms with E-state index in [1.54, 1.807) is 24.3 Å². The van der Waals surface area contributed by atoms with Gasteiger partial charge < -0.3 is 20.4 Å². The normalized spacial score (nSPS) is 18.2. The smallest absolute Gasteiger partial charge is 0.320 e. The van der Waals surface area contributed by atoms with Crippen LogP contribution in [0, 0.1) is 5.92 Å². The molecule has 0 aliphatic carbocycles. The molecule has 3 N–H and O–H groups in total. The number of fused-ring (bicyclic) bond motifs is 1. The highest BCUT2D eigenvalue weighted by Crippen LogP contribution is 2.25. The van der Waals surface area contributed by atoms with Crippen molar-refractivity contribution >= 4 is 23.5 Å². The summed E-state index contributed by atoms with van der Waals surface area (Å²) in [4.78, 5) is 35.8. The highest BCUT2D eigenvalue weighted by atomic mass is 16.4. The molecule has 7 nitrogen and oxygen atoms in total. The van der Waals surface area contributed by atoms with Gasteiger partial charge in [0.2, 0.25) is 5.91 Å². The molecule has 0 saturated carbocycles. The summed E-state index contributed by atoms with van der Waals surface area (Å²) in [6.45, 7) is 0.296. The van der Waals surface area contributed by atoms with Crippen LogP contribution in [0.2, 0.25) is 0 Å². The lowest BCUT2D eigenvalue weighted by molar-refractivity contribution is -0.158. The van der Waals surface area contributed by atoms with Gasteiger partial charge in [0.1, 0.15) is 6.04 Å². The fourth-order valence-corrected chi connectivity index (χ4v) is 2.22. The Kier molecular flexibility index (Phi) is 3.60. The van der Waals surface area contributed by atoms with Gasteiger partial charge in [0.05, 0.1) is 0 Å². The number of likely N-dealkylation sites (N-methyl/N-ethyl adjacent to an activating group) is 1.